The highest BCUT2D eigenvalue weighted by molar-refractivity contribution is 6.33. The number of hydrogen-bond donors (Lipinski definition) is 2. The van der Waals surface area contributed by atoms with Gasteiger partial charge in [0.15, 0.2) is 5.82 Å². The number of nitrogens with zero attached hydrogens (tertiary/aromatic N) is 1. The number of halogens is 1. The highest BCUT2D eigenvalue weighted by Crippen LogP contribution is 2.19. The number of carbonyl (C=O) groups is 1. The van der Waals surface area contributed by atoms with Crippen molar-refractivity contribution < 1.29 is 4.79 Å². The molecule has 1 aliphatic carbocycles. The van der Waals surface area contributed by atoms with Crippen LogP contribution in [0.4, 0.5) is 5.82 Å². The number of rotatable bonds is 5. The van der Waals surface area contributed by atoms with E-state index in [9.17, 15) is 4.79 Å². The lowest BCUT2D eigenvalue weighted by Gasteiger charge is -2.06. The molecule has 1 saturated carbocycles. The molecule has 1 amide bonds. The predicted molar refractivity (Wildman–Crippen MR) is 63.5 cm³/mol. The molecule has 86 valence electrons. The molecular formula is C11H14ClN3O. The van der Waals surface area contributed by atoms with Gasteiger partial charge in [0.05, 0.1) is 5.02 Å². The molecule has 1 aromatic rings. The number of anilines is 1. The fourth-order valence-electron chi connectivity index (χ4n) is 1.35. The topological polar surface area (TPSA) is 54.0 Å². The Morgan fingerprint density at radius 2 is 2.38 bits per heavy atom. The molecule has 1 aliphatic rings. The van der Waals surface area contributed by atoms with Crippen molar-refractivity contribution in [3.8, 4) is 0 Å². The molecule has 2 rings (SSSR count). The quantitative estimate of drug-likeness (QED) is 0.824. The van der Waals surface area contributed by atoms with Crippen LogP contribution in [0.2, 0.25) is 5.02 Å². The van der Waals surface area contributed by atoms with E-state index in [0.29, 0.717) is 29.8 Å². The second-order valence-corrected chi connectivity index (χ2v) is 4.27. The van der Waals surface area contributed by atoms with Crippen LogP contribution < -0.4 is 10.6 Å². The van der Waals surface area contributed by atoms with Gasteiger partial charge in [-0.2, -0.15) is 0 Å². The summed E-state index contributed by atoms with van der Waals surface area (Å²) in [6.07, 6.45) is 4.51. The van der Waals surface area contributed by atoms with Crippen LogP contribution in [0.25, 0.3) is 0 Å². The smallest absolute Gasteiger partial charge is 0.226 e. The number of nitrogens with one attached hydrogen (secondary N) is 2. The van der Waals surface area contributed by atoms with Gasteiger partial charge in [0, 0.05) is 25.2 Å². The van der Waals surface area contributed by atoms with Crippen LogP contribution in [0, 0.1) is 0 Å². The van der Waals surface area contributed by atoms with Crippen molar-refractivity contribution in [2.45, 2.75) is 25.3 Å². The third kappa shape index (κ3) is 3.47. The fraction of sp³-hybridized carbons (Fsp3) is 0.455. The van der Waals surface area contributed by atoms with Crippen LogP contribution in [0.15, 0.2) is 18.3 Å². The van der Waals surface area contributed by atoms with Gasteiger partial charge in [0.25, 0.3) is 0 Å². The Balaban J connectivity index is 1.75. The van der Waals surface area contributed by atoms with E-state index in [4.69, 9.17) is 11.6 Å². The standard InChI is InChI=1S/C11H14ClN3O/c12-9-2-1-6-14-11(9)15-10(16)5-7-13-8-3-4-8/h1-2,6,8,13H,3-5,7H2,(H,14,15,16). The van der Waals surface area contributed by atoms with E-state index in [-0.39, 0.29) is 5.91 Å². The minimum Gasteiger partial charge on any atom is -0.313 e. The Morgan fingerprint density at radius 3 is 3.06 bits per heavy atom. The van der Waals surface area contributed by atoms with Gasteiger partial charge in [-0.3, -0.25) is 4.79 Å². The molecule has 0 saturated heterocycles. The van der Waals surface area contributed by atoms with E-state index < -0.39 is 0 Å². The summed E-state index contributed by atoms with van der Waals surface area (Å²) < 4.78 is 0. The molecule has 0 aliphatic heterocycles. The van der Waals surface area contributed by atoms with E-state index in [1.807, 2.05) is 0 Å². The molecule has 4 nitrogen and oxygen atoms in total. The summed E-state index contributed by atoms with van der Waals surface area (Å²) >= 11 is 5.87. The van der Waals surface area contributed by atoms with Crippen LogP contribution in [-0.4, -0.2) is 23.5 Å². The van der Waals surface area contributed by atoms with Crippen molar-refractivity contribution in [2.75, 3.05) is 11.9 Å². The molecule has 0 unspecified atom stereocenters. The highest BCUT2D eigenvalue weighted by Gasteiger charge is 2.20. The largest absolute Gasteiger partial charge is 0.313 e. The third-order valence-electron chi connectivity index (χ3n) is 2.38. The molecule has 1 fully saturated rings. The zero-order valence-electron chi connectivity index (χ0n) is 8.87. The molecule has 0 radical (unpaired) electrons. The first-order valence-electron chi connectivity index (χ1n) is 5.39. The second kappa shape index (κ2) is 5.27. The van der Waals surface area contributed by atoms with Gasteiger partial charge in [0.1, 0.15) is 0 Å². The summed E-state index contributed by atoms with van der Waals surface area (Å²) in [4.78, 5) is 15.5. The maximum atomic E-state index is 11.5. The van der Waals surface area contributed by atoms with Crippen LogP contribution in [0.1, 0.15) is 19.3 Å². The first-order chi connectivity index (χ1) is 7.75. The van der Waals surface area contributed by atoms with E-state index in [0.717, 1.165) is 0 Å². The molecule has 0 aromatic carbocycles. The van der Waals surface area contributed by atoms with E-state index in [2.05, 4.69) is 15.6 Å². The molecule has 0 spiro atoms. The molecule has 1 heterocycles. The average molecular weight is 240 g/mol. The van der Waals surface area contributed by atoms with Gasteiger partial charge in [-0.15, -0.1) is 0 Å². The summed E-state index contributed by atoms with van der Waals surface area (Å²) in [6.45, 7) is 0.709. The number of carbonyl (C=O) groups excluding carboxylic acids is 1. The van der Waals surface area contributed by atoms with Crippen LogP contribution >= 0.6 is 11.6 Å². The normalized spacial score (nSPS) is 14.8. The van der Waals surface area contributed by atoms with Gasteiger partial charge in [-0.25, -0.2) is 4.98 Å². The van der Waals surface area contributed by atoms with Crippen LogP contribution in [0.5, 0.6) is 0 Å². The number of hydrogen-bond acceptors (Lipinski definition) is 3. The molecular weight excluding hydrogens is 226 g/mol. The Labute approximate surface area is 99.4 Å². The van der Waals surface area contributed by atoms with Crippen molar-refractivity contribution in [1.29, 1.82) is 0 Å². The summed E-state index contributed by atoms with van der Waals surface area (Å²) in [5.74, 6) is 0.370. The van der Waals surface area contributed by atoms with E-state index in [1.165, 1.54) is 12.8 Å². The van der Waals surface area contributed by atoms with Gasteiger partial charge < -0.3 is 10.6 Å². The van der Waals surface area contributed by atoms with E-state index in [1.54, 1.807) is 18.3 Å². The van der Waals surface area contributed by atoms with Crippen molar-refractivity contribution >= 4 is 23.3 Å². The molecule has 1 aromatic heterocycles. The maximum absolute atomic E-state index is 11.5. The van der Waals surface area contributed by atoms with Crippen LogP contribution in [-0.2, 0) is 4.79 Å². The van der Waals surface area contributed by atoms with E-state index >= 15 is 0 Å². The summed E-state index contributed by atoms with van der Waals surface area (Å²) in [5, 5.41) is 6.42. The van der Waals surface area contributed by atoms with Gasteiger partial charge in [-0.1, -0.05) is 11.6 Å². The van der Waals surface area contributed by atoms with Crippen molar-refractivity contribution in [1.82, 2.24) is 10.3 Å². The zero-order valence-corrected chi connectivity index (χ0v) is 9.63. The molecule has 2 N–H and O–H groups in total. The van der Waals surface area contributed by atoms with Crippen molar-refractivity contribution in [2.24, 2.45) is 0 Å². The number of amides is 1. The average Bonchev–Trinajstić information content (AvgIpc) is 3.05. The molecule has 16 heavy (non-hydrogen) atoms. The number of aromatic nitrogens is 1. The first-order valence-corrected chi connectivity index (χ1v) is 5.77. The Morgan fingerprint density at radius 1 is 1.56 bits per heavy atom. The second-order valence-electron chi connectivity index (χ2n) is 3.86. The minimum absolute atomic E-state index is 0.0613. The highest BCUT2D eigenvalue weighted by atomic mass is 35.5. The predicted octanol–water partition coefficient (Wildman–Crippen LogP) is 1.82. The molecule has 5 heteroatoms. The zero-order chi connectivity index (χ0) is 11.4. The van der Waals surface area contributed by atoms with Crippen molar-refractivity contribution in [3.63, 3.8) is 0 Å². The Bertz CT molecular complexity index is 379. The summed E-state index contributed by atoms with van der Waals surface area (Å²) in [7, 11) is 0. The molecule has 0 bridgehead atoms. The fourth-order valence-corrected chi connectivity index (χ4v) is 1.52. The minimum atomic E-state index is -0.0613. The van der Waals surface area contributed by atoms with Gasteiger partial charge >= 0.3 is 0 Å². The van der Waals surface area contributed by atoms with Gasteiger partial charge in [-0.05, 0) is 25.0 Å². The lowest BCUT2D eigenvalue weighted by Crippen LogP contribution is -2.23. The number of pyridine rings is 1. The van der Waals surface area contributed by atoms with Gasteiger partial charge in [0.2, 0.25) is 5.91 Å². The summed E-state index contributed by atoms with van der Waals surface area (Å²) in [6, 6.07) is 4.06. The maximum Gasteiger partial charge on any atom is 0.226 e. The third-order valence-corrected chi connectivity index (χ3v) is 2.68. The molecule has 0 atom stereocenters. The first kappa shape index (κ1) is 11.4. The SMILES string of the molecule is O=C(CCNC1CC1)Nc1ncccc1Cl. The Kier molecular flexibility index (Phi) is 3.74. The lowest BCUT2D eigenvalue weighted by atomic mass is 10.3. The lowest BCUT2D eigenvalue weighted by molar-refractivity contribution is -0.116. The monoisotopic (exact) mass is 239 g/mol. The van der Waals surface area contributed by atoms with Crippen molar-refractivity contribution in [3.05, 3.63) is 23.4 Å². The van der Waals surface area contributed by atoms with Crippen LogP contribution in [0.3, 0.4) is 0 Å². The Hall–Kier alpha value is -1.13. The summed E-state index contributed by atoms with van der Waals surface area (Å²) in [5.41, 5.74) is 0.